The van der Waals surface area contributed by atoms with E-state index in [-0.39, 0.29) is 0 Å². The predicted molar refractivity (Wildman–Crippen MR) is 60.6 cm³/mol. The van der Waals surface area contributed by atoms with Gasteiger partial charge in [-0.05, 0) is 13.0 Å². The number of nitrogens with two attached hydrogens (primary N) is 1. The Labute approximate surface area is 91.4 Å². The molecule has 0 aliphatic carbocycles. The van der Waals surface area contributed by atoms with Crippen molar-refractivity contribution in [1.82, 2.24) is 15.0 Å². The van der Waals surface area contributed by atoms with E-state index >= 15 is 0 Å². The molecule has 0 saturated carbocycles. The quantitative estimate of drug-likeness (QED) is 0.820. The molecule has 0 saturated heterocycles. The Morgan fingerprint density at radius 2 is 2.33 bits per heavy atom. The summed E-state index contributed by atoms with van der Waals surface area (Å²) in [5.74, 6) is 0.771. The molecule has 2 heterocycles. The van der Waals surface area contributed by atoms with Crippen LogP contribution in [0.15, 0.2) is 18.5 Å². The minimum absolute atomic E-state index is 0.635. The van der Waals surface area contributed by atoms with Gasteiger partial charge in [0.1, 0.15) is 10.8 Å². The number of hydrogen-bond donors (Lipinski definition) is 2. The molecule has 0 radical (unpaired) electrons. The zero-order valence-electron chi connectivity index (χ0n) is 8.27. The topological polar surface area (TPSA) is 76.7 Å². The van der Waals surface area contributed by atoms with Crippen LogP contribution in [0.2, 0.25) is 0 Å². The van der Waals surface area contributed by atoms with Gasteiger partial charge >= 0.3 is 0 Å². The van der Waals surface area contributed by atoms with Crippen molar-refractivity contribution < 1.29 is 0 Å². The number of aryl methyl sites for hydroxylation is 1. The van der Waals surface area contributed by atoms with E-state index < -0.39 is 0 Å². The standard InChI is InChI=1S/C9H11N5S/c1-6-11-3-2-7(14-6)4-12-9-13-5-8(10)15-9/h2-3,5H,4,10H2,1H3,(H,12,13). The van der Waals surface area contributed by atoms with Crippen molar-refractivity contribution in [2.24, 2.45) is 0 Å². The maximum absolute atomic E-state index is 5.56. The summed E-state index contributed by atoms with van der Waals surface area (Å²) in [6.45, 7) is 2.50. The molecule has 0 bridgehead atoms. The van der Waals surface area contributed by atoms with Gasteiger partial charge in [-0.2, -0.15) is 0 Å². The van der Waals surface area contributed by atoms with Crippen LogP contribution in [0.3, 0.4) is 0 Å². The van der Waals surface area contributed by atoms with Crippen molar-refractivity contribution in [2.75, 3.05) is 11.1 Å². The van der Waals surface area contributed by atoms with E-state index in [1.165, 1.54) is 11.3 Å². The molecule has 0 fully saturated rings. The summed E-state index contributed by atoms with van der Waals surface area (Å²) in [4.78, 5) is 12.4. The van der Waals surface area contributed by atoms with E-state index in [9.17, 15) is 0 Å². The Bertz CT molecular complexity index is 453. The number of nitrogens with zero attached hydrogens (tertiary/aromatic N) is 3. The maximum atomic E-state index is 5.56. The molecule has 0 aliphatic heterocycles. The number of nitrogen functional groups attached to an aromatic ring is 1. The molecule has 78 valence electrons. The van der Waals surface area contributed by atoms with Crippen LogP contribution in [0.5, 0.6) is 0 Å². The second-order valence-corrected chi connectivity index (χ2v) is 4.08. The third kappa shape index (κ3) is 2.63. The Morgan fingerprint density at radius 3 is 3.00 bits per heavy atom. The average Bonchev–Trinajstić information content (AvgIpc) is 2.62. The number of rotatable bonds is 3. The van der Waals surface area contributed by atoms with Crippen LogP contribution in [0.4, 0.5) is 10.1 Å². The van der Waals surface area contributed by atoms with E-state index in [1.54, 1.807) is 12.4 Å². The maximum Gasteiger partial charge on any atom is 0.184 e. The highest BCUT2D eigenvalue weighted by Crippen LogP contribution is 2.19. The first-order chi connectivity index (χ1) is 7.24. The predicted octanol–water partition coefficient (Wildman–Crippen LogP) is 1.44. The van der Waals surface area contributed by atoms with Gasteiger partial charge in [0.05, 0.1) is 18.4 Å². The molecule has 0 atom stereocenters. The van der Waals surface area contributed by atoms with Gasteiger partial charge in [0.25, 0.3) is 0 Å². The lowest BCUT2D eigenvalue weighted by molar-refractivity contribution is 0.954. The van der Waals surface area contributed by atoms with Crippen molar-refractivity contribution in [2.45, 2.75) is 13.5 Å². The fraction of sp³-hybridized carbons (Fsp3) is 0.222. The lowest BCUT2D eigenvalue weighted by atomic mass is 10.4. The highest BCUT2D eigenvalue weighted by Gasteiger charge is 1.99. The Hall–Kier alpha value is -1.69. The van der Waals surface area contributed by atoms with E-state index in [0.29, 0.717) is 11.5 Å². The summed E-state index contributed by atoms with van der Waals surface area (Å²) in [7, 11) is 0. The number of nitrogens with one attached hydrogen (secondary N) is 1. The van der Waals surface area contributed by atoms with Crippen LogP contribution in [-0.2, 0) is 6.54 Å². The van der Waals surface area contributed by atoms with Crippen molar-refractivity contribution in [1.29, 1.82) is 0 Å². The van der Waals surface area contributed by atoms with Gasteiger partial charge in [-0.3, -0.25) is 0 Å². The van der Waals surface area contributed by atoms with Gasteiger partial charge in [-0.15, -0.1) is 0 Å². The van der Waals surface area contributed by atoms with E-state index in [4.69, 9.17) is 5.73 Å². The van der Waals surface area contributed by atoms with Gasteiger partial charge in [0.15, 0.2) is 5.13 Å². The minimum Gasteiger partial charge on any atom is -0.389 e. The third-order valence-electron chi connectivity index (χ3n) is 1.78. The highest BCUT2D eigenvalue weighted by molar-refractivity contribution is 7.19. The molecule has 6 heteroatoms. The molecular weight excluding hydrogens is 210 g/mol. The smallest absolute Gasteiger partial charge is 0.184 e. The number of thiazole rings is 1. The first-order valence-electron chi connectivity index (χ1n) is 4.48. The summed E-state index contributed by atoms with van der Waals surface area (Å²) in [6.07, 6.45) is 3.38. The summed E-state index contributed by atoms with van der Waals surface area (Å²) >= 11 is 1.42. The van der Waals surface area contributed by atoms with Crippen LogP contribution in [-0.4, -0.2) is 15.0 Å². The van der Waals surface area contributed by atoms with Gasteiger partial charge in [-0.25, -0.2) is 15.0 Å². The summed E-state index contributed by atoms with van der Waals surface area (Å²) in [6, 6.07) is 1.87. The minimum atomic E-state index is 0.635. The summed E-state index contributed by atoms with van der Waals surface area (Å²) in [5.41, 5.74) is 6.50. The molecular formula is C9H11N5S. The van der Waals surface area contributed by atoms with Crippen molar-refractivity contribution in [3.63, 3.8) is 0 Å². The van der Waals surface area contributed by atoms with Crippen LogP contribution >= 0.6 is 11.3 Å². The average molecular weight is 221 g/mol. The Morgan fingerprint density at radius 1 is 1.47 bits per heavy atom. The summed E-state index contributed by atoms with van der Waals surface area (Å²) in [5, 5.41) is 4.66. The monoisotopic (exact) mass is 221 g/mol. The first-order valence-corrected chi connectivity index (χ1v) is 5.29. The molecule has 5 nitrogen and oxygen atoms in total. The lowest BCUT2D eigenvalue weighted by Crippen LogP contribution is -2.02. The zero-order valence-corrected chi connectivity index (χ0v) is 9.08. The second kappa shape index (κ2) is 4.22. The number of aromatic nitrogens is 3. The SMILES string of the molecule is Cc1nccc(CNc2ncc(N)s2)n1. The summed E-state index contributed by atoms with van der Waals surface area (Å²) < 4.78 is 0. The lowest BCUT2D eigenvalue weighted by Gasteiger charge is -2.01. The molecule has 0 amide bonds. The fourth-order valence-corrected chi connectivity index (χ4v) is 1.72. The van der Waals surface area contributed by atoms with Crippen LogP contribution < -0.4 is 11.1 Å². The molecule has 2 aromatic rings. The molecule has 2 rings (SSSR count). The second-order valence-electron chi connectivity index (χ2n) is 3.02. The van der Waals surface area contributed by atoms with E-state index in [2.05, 4.69) is 20.3 Å². The fourth-order valence-electron chi connectivity index (χ4n) is 1.14. The molecule has 3 N–H and O–H groups in total. The molecule has 0 unspecified atom stereocenters. The van der Waals surface area contributed by atoms with Gasteiger partial charge in [-0.1, -0.05) is 11.3 Å². The highest BCUT2D eigenvalue weighted by atomic mass is 32.1. The van der Waals surface area contributed by atoms with Crippen molar-refractivity contribution in [3.05, 3.63) is 30.0 Å². The van der Waals surface area contributed by atoms with Crippen molar-refractivity contribution in [3.8, 4) is 0 Å². The zero-order chi connectivity index (χ0) is 10.7. The number of hydrogen-bond acceptors (Lipinski definition) is 6. The third-order valence-corrected chi connectivity index (χ3v) is 2.56. The normalized spacial score (nSPS) is 10.2. The van der Waals surface area contributed by atoms with Crippen molar-refractivity contribution >= 4 is 21.5 Å². The Kier molecular flexibility index (Phi) is 2.77. The van der Waals surface area contributed by atoms with Crippen LogP contribution in [0.1, 0.15) is 11.5 Å². The molecule has 15 heavy (non-hydrogen) atoms. The van der Waals surface area contributed by atoms with Crippen LogP contribution in [0, 0.1) is 6.92 Å². The molecule has 2 aromatic heterocycles. The number of anilines is 2. The van der Waals surface area contributed by atoms with Crippen LogP contribution in [0.25, 0.3) is 0 Å². The van der Waals surface area contributed by atoms with Gasteiger partial charge < -0.3 is 11.1 Å². The first kappa shape index (κ1) is 9.85. The molecule has 0 aliphatic rings. The molecule has 0 spiro atoms. The van der Waals surface area contributed by atoms with Gasteiger partial charge in [0, 0.05) is 6.20 Å². The van der Waals surface area contributed by atoms with E-state index in [1.807, 2.05) is 13.0 Å². The molecule has 0 aromatic carbocycles. The largest absolute Gasteiger partial charge is 0.389 e. The Balaban J connectivity index is 1.99. The van der Waals surface area contributed by atoms with E-state index in [0.717, 1.165) is 16.6 Å². The van der Waals surface area contributed by atoms with Gasteiger partial charge in [0.2, 0.25) is 0 Å².